The van der Waals surface area contributed by atoms with Gasteiger partial charge in [-0.25, -0.2) is 0 Å². The van der Waals surface area contributed by atoms with E-state index in [1.807, 2.05) is 0 Å². The van der Waals surface area contributed by atoms with Crippen LogP contribution in [0.2, 0.25) is 0 Å². The quantitative estimate of drug-likeness (QED) is 0.742. The highest BCUT2D eigenvalue weighted by Crippen LogP contribution is 2.27. The van der Waals surface area contributed by atoms with E-state index in [0.717, 1.165) is 0 Å². The van der Waals surface area contributed by atoms with Gasteiger partial charge in [-0.3, -0.25) is 9.59 Å². The number of anilines is 2. The van der Waals surface area contributed by atoms with Crippen LogP contribution in [0, 0.1) is 0 Å². The van der Waals surface area contributed by atoms with Crippen LogP contribution in [0.3, 0.4) is 0 Å². The van der Waals surface area contributed by atoms with Gasteiger partial charge in [0.15, 0.2) is 5.75 Å². The molecule has 0 aromatic heterocycles. The van der Waals surface area contributed by atoms with Crippen LogP contribution in [-0.4, -0.2) is 18.9 Å². The second kappa shape index (κ2) is 5.96. The minimum absolute atomic E-state index is 0.230. The topological polar surface area (TPSA) is 107 Å². The third-order valence-corrected chi connectivity index (χ3v) is 2.93. The first kappa shape index (κ1) is 14.4. The summed E-state index contributed by atoms with van der Waals surface area (Å²) in [5.41, 5.74) is 12.2. The molecule has 0 radical (unpaired) electrons. The number of nitrogen functional groups attached to an aromatic ring is 1. The Balaban J connectivity index is 2.35. The fraction of sp³-hybridized carbons (Fsp3) is 0.0667. The fourth-order valence-corrected chi connectivity index (χ4v) is 1.96. The van der Waals surface area contributed by atoms with Crippen molar-refractivity contribution in [3.05, 3.63) is 53.6 Å². The van der Waals surface area contributed by atoms with Crippen molar-refractivity contribution < 1.29 is 14.3 Å². The van der Waals surface area contributed by atoms with E-state index in [-0.39, 0.29) is 16.9 Å². The van der Waals surface area contributed by atoms with Gasteiger partial charge in [0.05, 0.1) is 29.6 Å². The Bertz CT molecular complexity index is 698. The molecule has 0 spiro atoms. The van der Waals surface area contributed by atoms with E-state index in [1.165, 1.54) is 13.2 Å². The summed E-state index contributed by atoms with van der Waals surface area (Å²) in [6.45, 7) is 0. The molecule has 2 aromatic carbocycles. The zero-order chi connectivity index (χ0) is 15.4. The Labute approximate surface area is 121 Å². The molecule has 6 heteroatoms. The number of hydrogen-bond donors (Lipinski definition) is 3. The lowest BCUT2D eigenvalue weighted by atomic mass is 10.1. The van der Waals surface area contributed by atoms with Gasteiger partial charge in [0.2, 0.25) is 0 Å². The molecule has 0 aliphatic heterocycles. The maximum Gasteiger partial charge on any atom is 0.259 e. The van der Waals surface area contributed by atoms with Crippen molar-refractivity contribution in [1.29, 1.82) is 0 Å². The summed E-state index contributed by atoms with van der Waals surface area (Å²) in [5.74, 6) is -0.773. The number of nitrogens with one attached hydrogen (secondary N) is 1. The normalized spacial score (nSPS) is 9.95. The predicted octanol–water partition coefficient (Wildman–Crippen LogP) is 1.63. The van der Waals surface area contributed by atoms with Gasteiger partial charge in [0.25, 0.3) is 11.8 Å². The molecule has 0 saturated heterocycles. The Morgan fingerprint density at radius 1 is 1.05 bits per heavy atom. The molecule has 2 rings (SSSR count). The molecular formula is C15H15N3O3. The predicted molar refractivity (Wildman–Crippen MR) is 80.3 cm³/mol. The van der Waals surface area contributed by atoms with Crippen molar-refractivity contribution in [2.75, 3.05) is 18.2 Å². The Kier molecular flexibility index (Phi) is 4.08. The monoisotopic (exact) mass is 285 g/mol. The summed E-state index contributed by atoms with van der Waals surface area (Å²) in [7, 11) is 1.43. The highest BCUT2D eigenvalue weighted by molar-refractivity contribution is 6.10. The van der Waals surface area contributed by atoms with E-state index in [0.29, 0.717) is 11.4 Å². The number of primary amides is 1. The number of ether oxygens (including phenoxy) is 1. The van der Waals surface area contributed by atoms with Crippen molar-refractivity contribution in [2.45, 2.75) is 0 Å². The molecule has 21 heavy (non-hydrogen) atoms. The third-order valence-electron chi connectivity index (χ3n) is 2.93. The lowest BCUT2D eigenvalue weighted by molar-refractivity contribution is 0.100. The smallest absolute Gasteiger partial charge is 0.259 e. The van der Waals surface area contributed by atoms with Crippen LogP contribution >= 0.6 is 0 Å². The summed E-state index contributed by atoms with van der Waals surface area (Å²) in [6.07, 6.45) is 0. The van der Waals surface area contributed by atoms with Gasteiger partial charge in [-0.2, -0.15) is 0 Å². The summed E-state index contributed by atoms with van der Waals surface area (Å²) in [6, 6.07) is 11.3. The molecule has 108 valence electrons. The van der Waals surface area contributed by atoms with E-state index >= 15 is 0 Å². The zero-order valence-electron chi connectivity index (χ0n) is 11.4. The molecule has 2 aromatic rings. The first-order valence-corrected chi connectivity index (χ1v) is 6.17. The van der Waals surface area contributed by atoms with Gasteiger partial charge >= 0.3 is 0 Å². The van der Waals surface area contributed by atoms with Crippen LogP contribution < -0.4 is 21.5 Å². The summed E-state index contributed by atoms with van der Waals surface area (Å²) in [4.78, 5) is 23.7. The Morgan fingerprint density at radius 3 is 2.38 bits per heavy atom. The Morgan fingerprint density at radius 2 is 1.71 bits per heavy atom. The minimum Gasteiger partial charge on any atom is -0.494 e. The maximum absolute atomic E-state index is 12.3. The molecule has 2 amide bonds. The van der Waals surface area contributed by atoms with E-state index in [1.54, 1.807) is 36.4 Å². The largest absolute Gasteiger partial charge is 0.494 e. The Hall–Kier alpha value is -3.02. The van der Waals surface area contributed by atoms with Crippen LogP contribution in [-0.2, 0) is 0 Å². The fourth-order valence-electron chi connectivity index (χ4n) is 1.96. The lowest BCUT2D eigenvalue weighted by Crippen LogP contribution is -2.19. The minimum atomic E-state index is -0.620. The molecule has 0 aliphatic rings. The van der Waals surface area contributed by atoms with Crippen molar-refractivity contribution in [3.63, 3.8) is 0 Å². The summed E-state index contributed by atoms with van der Waals surface area (Å²) >= 11 is 0. The highest BCUT2D eigenvalue weighted by atomic mass is 16.5. The molecule has 0 unspecified atom stereocenters. The molecular weight excluding hydrogens is 270 g/mol. The van der Waals surface area contributed by atoms with Crippen molar-refractivity contribution in [2.24, 2.45) is 5.73 Å². The van der Waals surface area contributed by atoms with Gasteiger partial charge < -0.3 is 21.5 Å². The number of benzene rings is 2. The second-order valence-corrected chi connectivity index (χ2v) is 4.29. The van der Waals surface area contributed by atoms with E-state index in [9.17, 15) is 9.59 Å². The van der Waals surface area contributed by atoms with E-state index < -0.39 is 11.8 Å². The molecule has 0 saturated carbocycles. The lowest BCUT2D eigenvalue weighted by Gasteiger charge is -2.12. The van der Waals surface area contributed by atoms with Gasteiger partial charge in [-0.1, -0.05) is 18.2 Å². The number of methoxy groups -OCH3 is 1. The number of para-hydroxylation sites is 2. The third kappa shape index (κ3) is 2.94. The molecule has 0 bridgehead atoms. The van der Waals surface area contributed by atoms with Gasteiger partial charge in [0, 0.05) is 0 Å². The maximum atomic E-state index is 12.3. The number of carbonyl (C=O) groups is 2. The number of nitrogens with two attached hydrogens (primary N) is 2. The molecule has 0 aliphatic carbocycles. The van der Waals surface area contributed by atoms with E-state index in [2.05, 4.69) is 5.32 Å². The molecule has 0 atom stereocenters. The SMILES string of the molecule is COc1c(N)cccc1C(=O)Nc1ccccc1C(N)=O. The number of amides is 2. The number of rotatable bonds is 4. The van der Waals surface area contributed by atoms with Gasteiger partial charge in [0.1, 0.15) is 0 Å². The number of hydrogen-bond acceptors (Lipinski definition) is 4. The summed E-state index contributed by atoms with van der Waals surface area (Å²) < 4.78 is 5.14. The zero-order valence-corrected chi connectivity index (χ0v) is 11.4. The van der Waals surface area contributed by atoms with E-state index in [4.69, 9.17) is 16.2 Å². The van der Waals surface area contributed by atoms with Gasteiger partial charge in [-0.05, 0) is 24.3 Å². The molecule has 0 heterocycles. The van der Waals surface area contributed by atoms with Crippen molar-refractivity contribution >= 4 is 23.2 Å². The van der Waals surface area contributed by atoms with Crippen LogP contribution in [0.15, 0.2) is 42.5 Å². The summed E-state index contributed by atoms with van der Waals surface area (Å²) in [5, 5.41) is 2.63. The standard InChI is InChI=1S/C15H15N3O3/c1-21-13-10(6-4-7-11(13)16)15(20)18-12-8-3-2-5-9(12)14(17)19/h2-8H,16H2,1H3,(H2,17,19)(H,18,20). The van der Waals surface area contributed by atoms with Crippen LogP contribution in [0.4, 0.5) is 11.4 Å². The molecule has 0 fully saturated rings. The molecule has 6 nitrogen and oxygen atoms in total. The average Bonchev–Trinajstić information content (AvgIpc) is 2.47. The molecule has 5 N–H and O–H groups in total. The van der Waals surface area contributed by atoms with Crippen LogP contribution in [0.5, 0.6) is 5.75 Å². The van der Waals surface area contributed by atoms with Gasteiger partial charge in [-0.15, -0.1) is 0 Å². The number of carbonyl (C=O) groups excluding carboxylic acids is 2. The van der Waals surface area contributed by atoms with Crippen molar-refractivity contribution in [3.8, 4) is 5.75 Å². The van der Waals surface area contributed by atoms with Crippen LogP contribution in [0.1, 0.15) is 20.7 Å². The van der Waals surface area contributed by atoms with Crippen molar-refractivity contribution in [1.82, 2.24) is 0 Å². The van der Waals surface area contributed by atoms with Crippen LogP contribution in [0.25, 0.3) is 0 Å². The second-order valence-electron chi connectivity index (χ2n) is 4.29. The average molecular weight is 285 g/mol. The first-order valence-electron chi connectivity index (χ1n) is 6.17. The highest BCUT2D eigenvalue weighted by Gasteiger charge is 2.16. The first-order chi connectivity index (χ1) is 10.0.